The van der Waals surface area contributed by atoms with Crippen molar-refractivity contribution in [3.63, 3.8) is 0 Å². The van der Waals surface area contributed by atoms with Gasteiger partial charge >= 0.3 is 12.3 Å². The largest absolute Gasteiger partial charge is 0.437 e. The fourth-order valence-electron chi connectivity index (χ4n) is 6.57. The lowest BCUT2D eigenvalue weighted by Gasteiger charge is -2.55. The maximum Gasteiger partial charge on any atom is 0.433 e. The van der Waals surface area contributed by atoms with Gasteiger partial charge in [0.25, 0.3) is 0 Å². The molecular formula is C25H28F3N3O2. The summed E-state index contributed by atoms with van der Waals surface area (Å²) in [5, 5.41) is 0. The number of fused-ring (bicyclic) bond motifs is 4. The van der Waals surface area contributed by atoms with E-state index in [2.05, 4.69) is 23.7 Å². The highest BCUT2D eigenvalue weighted by Crippen LogP contribution is 2.60. The molecule has 6 rings (SSSR count). The van der Waals surface area contributed by atoms with Crippen molar-refractivity contribution in [1.29, 1.82) is 0 Å². The Kier molecular flexibility index (Phi) is 5.01. The van der Waals surface area contributed by atoms with Crippen LogP contribution in [0.15, 0.2) is 36.5 Å². The van der Waals surface area contributed by atoms with E-state index in [0.29, 0.717) is 23.5 Å². The molecule has 0 radical (unpaired) electrons. The highest BCUT2D eigenvalue weighted by Gasteiger charge is 2.62. The number of primary amides is 1. The van der Waals surface area contributed by atoms with Crippen molar-refractivity contribution in [2.75, 3.05) is 19.6 Å². The standard InChI is InChI=1S/C25H28F3N3O2/c1-23(2)13-18-11-16(17-5-8-30-21(12-17)25(26,27)28)3-4-19(18)24(23,33-22(29)32)20-14-31-9-6-15(20)7-10-31/h3-5,8,11-12,15,20H,6-7,9-10,13-14H2,1-2H3,(H2,29,32)/t20?,24-/m0/s1. The number of nitrogens with two attached hydrogens (primary N) is 1. The second-order valence-electron chi connectivity index (χ2n) is 10.3. The minimum Gasteiger partial charge on any atom is -0.437 e. The molecule has 5 nitrogen and oxygen atoms in total. The molecule has 2 aromatic rings. The van der Waals surface area contributed by atoms with Crippen LogP contribution < -0.4 is 5.73 Å². The van der Waals surface area contributed by atoms with Gasteiger partial charge in [-0.2, -0.15) is 13.2 Å². The van der Waals surface area contributed by atoms with E-state index in [1.807, 2.05) is 18.2 Å². The Morgan fingerprint density at radius 3 is 2.45 bits per heavy atom. The second kappa shape index (κ2) is 7.45. The van der Waals surface area contributed by atoms with Crippen LogP contribution in [-0.4, -0.2) is 35.6 Å². The van der Waals surface area contributed by atoms with Crippen LogP contribution in [0.5, 0.6) is 0 Å². The molecule has 3 aliphatic heterocycles. The Morgan fingerprint density at radius 2 is 1.85 bits per heavy atom. The third-order valence-electron chi connectivity index (χ3n) is 7.97. The third-order valence-corrected chi connectivity index (χ3v) is 7.97. The highest BCUT2D eigenvalue weighted by atomic mass is 19.4. The summed E-state index contributed by atoms with van der Waals surface area (Å²) in [4.78, 5) is 18.1. The number of piperidine rings is 3. The van der Waals surface area contributed by atoms with E-state index >= 15 is 0 Å². The molecule has 1 unspecified atom stereocenters. The predicted molar refractivity (Wildman–Crippen MR) is 117 cm³/mol. The van der Waals surface area contributed by atoms with E-state index < -0.39 is 29.0 Å². The maximum atomic E-state index is 13.2. The number of benzene rings is 1. The van der Waals surface area contributed by atoms with Crippen LogP contribution >= 0.6 is 0 Å². The van der Waals surface area contributed by atoms with Crippen LogP contribution in [0.3, 0.4) is 0 Å². The number of aromatic nitrogens is 1. The SMILES string of the molecule is CC1(C)Cc2cc(-c3ccnc(C(F)(F)F)c3)ccc2[C@]1(OC(N)=O)C1CN2CCC1CC2. The Hall–Kier alpha value is -2.61. The van der Waals surface area contributed by atoms with Gasteiger partial charge in [0.2, 0.25) is 0 Å². The number of halogens is 3. The number of nitrogens with zero attached hydrogens (tertiary/aromatic N) is 2. The van der Waals surface area contributed by atoms with Gasteiger partial charge in [0, 0.05) is 24.1 Å². The maximum absolute atomic E-state index is 13.2. The van der Waals surface area contributed by atoms with Crippen molar-refractivity contribution in [1.82, 2.24) is 9.88 Å². The number of hydrogen-bond donors (Lipinski definition) is 1. The summed E-state index contributed by atoms with van der Waals surface area (Å²) in [6.45, 7) is 7.16. The molecule has 4 aliphatic rings. The summed E-state index contributed by atoms with van der Waals surface area (Å²) in [5.41, 5.74) is 6.48. The average molecular weight is 460 g/mol. The minimum absolute atomic E-state index is 0.118. The fraction of sp³-hybridized carbons (Fsp3) is 0.520. The second-order valence-corrected chi connectivity index (χ2v) is 10.3. The normalized spacial score (nSPS) is 30.2. The summed E-state index contributed by atoms with van der Waals surface area (Å²) in [6, 6.07) is 8.32. The van der Waals surface area contributed by atoms with Crippen molar-refractivity contribution in [2.24, 2.45) is 23.0 Å². The Morgan fingerprint density at radius 1 is 1.15 bits per heavy atom. The van der Waals surface area contributed by atoms with E-state index in [4.69, 9.17) is 10.5 Å². The van der Waals surface area contributed by atoms with Gasteiger partial charge in [-0.3, -0.25) is 4.98 Å². The molecule has 2 N–H and O–H groups in total. The Balaban J connectivity index is 1.61. The molecule has 0 spiro atoms. The molecule has 2 atom stereocenters. The van der Waals surface area contributed by atoms with E-state index in [1.54, 1.807) is 6.07 Å². The molecule has 3 fully saturated rings. The first kappa shape index (κ1) is 22.2. The van der Waals surface area contributed by atoms with Crippen LogP contribution in [0.2, 0.25) is 0 Å². The molecule has 1 aromatic heterocycles. The minimum atomic E-state index is -4.51. The molecule has 3 saturated heterocycles. The van der Waals surface area contributed by atoms with Crippen molar-refractivity contribution in [3.05, 3.63) is 53.3 Å². The van der Waals surface area contributed by atoms with Gasteiger partial charge in [0.05, 0.1) is 0 Å². The molecule has 1 aromatic carbocycles. The molecule has 176 valence electrons. The predicted octanol–water partition coefficient (Wildman–Crippen LogP) is 4.98. The van der Waals surface area contributed by atoms with Gasteiger partial charge in [-0.1, -0.05) is 32.0 Å². The summed E-state index contributed by atoms with van der Waals surface area (Å²) < 4.78 is 45.6. The topological polar surface area (TPSA) is 68.5 Å². The van der Waals surface area contributed by atoms with Crippen molar-refractivity contribution >= 4 is 6.09 Å². The van der Waals surface area contributed by atoms with Crippen LogP contribution in [0.1, 0.15) is 43.5 Å². The van der Waals surface area contributed by atoms with Crippen molar-refractivity contribution < 1.29 is 22.7 Å². The Labute approximate surface area is 191 Å². The number of amides is 1. The lowest BCUT2D eigenvalue weighted by molar-refractivity contribution is -0.157. The van der Waals surface area contributed by atoms with Crippen molar-refractivity contribution in [2.45, 2.75) is 44.9 Å². The molecule has 1 amide bonds. The lowest BCUT2D eigenvalue weighted by atomic mass is 9.60. The zero-order valence-corrected chi connectivity index (χ0v) is 18.8. The molecule has 1 aliphatic carbocycles. The Bertz CT molecular complexity index is 1090. The molecule has 33 heavy (non-hydrogen) atoms. The third kappa shape index (κ3) is 3.50. The zero-order valence-electron chi connectivity index (χ0n) is 18.8. The summed E-state index contributed by atoms with van der Waals surface area (Å²) in [5.74, 6) is 0.557. The molecule has 2 bridgehead atoms. The first-order chi connectivity index (χ1) is 15.5. The highest BCUT2D eigenvalue weighted by molar-refractivity contribution is 5.69. The zero-order chi connectivity index (χ0) is 23.6. The average Bonchev–Trinajstić information content (AvgIpc) is 2.99. The lowest BCUT2D eigenvalue weighted by Crippen LogP contribution is -2.60. The monoisotopic (exact) mass is 459 g/mol. The molecule has 0 saturated carbocycles. The number of carbonyl (C=O) groups is 1. The number of hydrogen-bond acceptors (Lipinski definition) is 4. The summed E-state index contributed by atoms with van der Waals surface area (Å²) in [6.07, 6.45) is -1.34. The van der Waals surface area contributed by atoms with Gasteiger partial charge < -0.3 is 15.4 Å². The van der Waals surface area contributed by atoms with Crippen LogP contribution in [-0.2, 0) is 22.9 Å². The molecular weight excluding hydrogens is 431 g/mol. The van der Waals surface area contributed by atoms with Gasteiger partial charge in [-0.15, -0.1) is 0 Å². The van der Waals surface area contributed by atoms with Crippen LogP contribution in [0.25, 0.3) is 11.1 Å². The van der Waals surface area contributed by atoms with Crippen molar-refractivity contribution in [3.8, 4) is 11.1 Å². The molecule has 8 heteroatoms. The van der Waals surface area contributed by atoms with E-state index in [0.717, 1.165) is 49.7 Å². The fourth-order valence-corrected chi connectivity index (χ4v) is 6.57. The first-order valence-electron chi connectivity index (χ1n) is 11.4. The number of ether oxygens (including phenoxy) is 1. The van der Waals surface area contributed by atoms with Crippen LogP contribution in [0.4, 0.5) is 18.0 Å². The summed E-state index contributed by atoms with van der Waals surface area (Å²) >= 11 is 0. The number of pyridine rings is 1. The van der Waals surface area contributed by atoms with E-state index in [-0.39, 0.29) is 5.92 Å². The van der Waals surface area contributed by atoms with Gasteiger partial charge in [0.1, 0.15) is 11.3 Å². The van der Waals surface area contributed by atoms with Gasteiger partial charge in [-0.05, 0) is 72.7 Å². The van der Waals surface area contributed by atoms with Gasteiger partial charge in [-0.25, -0.2) is 4.79 Å². The smallest absolute Gasteiger partial charge is 0.433 e. The summed E-state index contributed by atoms with van der Waals surface area (Å²) in [7, 11) is 0. The quantitative estimate of drug-likeness (QED) is 0.703. The number of rotatable bonds is 3. The van der Waals surface area contributed by atoms with Gasteiger partial charge in [0.15, 0.2) is 0 Å². The van der Waals surface area contributed by atoms with E-state index in [9.17, 15) is 18.0 Å². The number of alkyl halides is 3. The first-order valence-corrected chi connectivity index (χ1v) is 11.4. The van der Waals surface area contributed by atoms with Crippen LogP contribution in [0, 0.1) is 17.3 Å². The number of carbonyl (C=O) groups excluding carboxylic acids is 1. The molecule has 4 heterocycles. The van der Waals surface area contributed by atoms with E-state index in [1.165, 1.54) is 6.20 Å².